The van der Waals surface area contributed by atoms with Crippen LogP contribution in [0.25, 0.3) is 0 Å². The van der Waals surface area contributed by atoms with E-state index in [1.165, 1.54) is 6.07 Å². The van der Waals surface area contributed by atoms with Gasteiger partial charge in [-0.05, 0) is 37.6 Å². The first kappa shape index (κ1) is 13.6. The standard InChI is InChI=1S/C15H18FN3/c1-3-7-17-15(12-6-8-18-19-10-12)13-9-11(2)4-5-14(13)16/h4-6,8-10,15,17H,3,7H2,1-2H3. The van der Waals surface area contributed by atoms with E-state index in [2.05, 4.69) is 22.4 Å². The van der Waals surface area contributed by atoms with E-state index < -0.39 is 0 Å². The molecule has 1 heterocycles. The van der Waals surface area contributed by atoms with Crippen molar-refractivity contribution < 1.29 is 4.39 Å². The predicted molar refractivity (Wildman–Crippen MR) is 73.3 cm³/mol. The van der Waals surface area contributed by atoms with Crippen molar-refractivity contribution in [2.24, 2.45) is 0 Å². The molecule has 0 fully saturated rings. The molecular weight excluding hydrogens is 241 g/mol. The van der Waals surface area contributed by atoms with Crippen molar-refractivity contribution in [1.82, 2.24) is 15.5 Å². The number of rotatable bonds is 5. The Morgan fingerprint density at radius 3 is 2.79 bits per heavy atom. The number of hydrogen-bond donors (Lipinski definition) is 1. The lowest BCUT2D eigenvalue weighted by molar-refractivity contribution is 0.544. The van der Waals surface area contributed by atoms with Gasteiger partial charge in [-0.1, -0.05) is 24.6 Å². The number of benzene rings is 1. The number of nitrogens with one attached hydrogen (secondary N) is 1. The second-order valence-electron chi connectivity index (χ2n) is 4.59. The molecule has 0 amide bonds. The van der Waals surface area contributed by atoms with Crippen LogP contribution in [0, 0.1) is 12.7 Å². The predicted octanol–water partition coefficient (Wildman–Crippen LogP) is 3.01. The van der Waals surface area contributed by atoms with Gasteiger partial charge in [0, 0.05) is 11.8 Å². The highest BCUT2D eigenvalue weighted by molar-refractivity contribution is 5.33. The molecule has 19 heavy (non-hydrogen) atoms. The number of halogens is 1. The van der Waals surface area contributed by atoms with Crippen molar-refractivity contribution >= 4 is 0 Å². The summed E-state index contributed by atoms with van der Waals surface area (Å²) in [5, 5.41) is 11.0. The monoisotopic (exact) mass is 259 g/mol. The van der Waals surface area contributed by atoms with Crippen molar-refractivity contribution in [3.05, 3.63) is 59.2 Å². The molecule has 0 saturated heterocycles. The topological polar surface area (TPSA) is 37.8 Å². The lowest BCUT2D eigenvalue weighted by Crippen LogP contribution is -2.24. The zero-order chi connectivity index (χ0) is 13.7. The molecule has 1 aromatic heterocycles. The van der Waals surface area contributed by atoms with Gasteiger partial charge in [0.25, 0.3) is 0 Å². The highest BCUT2D eigenvalue weighted by Crippen LogP contribution is 2.24. The molecule has 2 aromatic rings. The molecule has 0 aliphatic carbocycles. The second kappa shape index (κ2) is 6.38. The Labute approximate surface area is 112 Å². The molecule has 1 aromatic carbocycles. The van der Waals surface area contributed by atoms with Crippen molar-refractivity contribution in [1.29, 1.82) is 0 Å². The van der Waals surface area contributed by atoms with Gasteiger partial charge >= 0.3 is 0 Å². The largest absolute Gasteiger partial charge is 0.306 e. The fourth-order valence-electron chi connectivity index (χ4n) is 2.05. The molecular formula is C15H18FN3. The minimum Gasteiger partial charge on any atom is -0.306 e. The van der Waals surface area contributed by atoms with E-state index in [-0.39, 0.29) is 11.9 Å². The van der Waals surface area contributed by atoms with E-state index in [1.54, 1.807) is 18.5 Å². The highest BCUT2D eigenvalue weighted by Gasteiger charge is 2.17. The quantitative estimate of drug-likeness (QED) is 0.897. The molecule has 1 unspecified atom stereocenters. The summed E-state index contributed by atoms with van der Waals surface area (Å²) in [7, 11) is 0. The van der Waals surface area contributed by atoms with Crippen molar-refractivity contribution in [2.75, 3.05) is 6.54 Å². The molecule has 4 heteroatoms. The Kier molecular flexibility index (Phi) is 4.58. The number of aryl methyl sites for hydroxylation is 1. The van der Waals surface area contributed by atoms with Crippen LogP contribution in [0.3, 0.4) is 0 Å². The number of hydrogen-bond acceptors (Lipinski definition) is 3. The first-order valence-corrected chi connectivity index (χ1v) is 6.48. The van der Waals surface area contributed by atoms with Gasteiger partial charge in [-0.2, -0.15) is 10.2 Å². The third kappa shape index (κ3) is 3.35. The smallest absolute Gasteiger partial charge is 0.128 e. The summed E-state index contributed by atoms with van der Waals surface area (Å²) in [5.41, 5.74) is 2.62. The maximum Gasteiger partial charge on any atom is 0.128 e. The maximum absolute atomic E-state index is 14.1. The van der Waals surface area contributed by atoms with E-state index in [9.17, 15) is 4.39 Å². The fraction of sp³-hybridized carbons (Fsp3) is 0.333. The molecule has 3 nitrogen and oxygen atoms in total. The second-order valence-corrected chi connectivity index (χ2v) is 4.59. The van der Waals surface area contributed by atoms with Crippen LogP contribution < -0.4 is 5.32 Å². The minimum absolute atomic E-state index is 0.185. The van der Waals surface area contributed by atoms with Gasteiger partial charge in [0.05, 0.1) is 12.2 Å². The molecule has 100 valence electrons. The molecule has 2 rings (SSSR count). The molecule has 1 N–H and O–H groups in total. The fourth-order valence-corrected chi connectivity index (χ4v) is 2.05. The Balaban J connectivity index is 2.40. The summed E-state index contributed by atoms with van der Waals surface area (Å²) >= 11 is 0. The van der Waals surface area contributed by atoms with E-state index >= 15 is 0 Å². The Morgan fingerprint density at radius 1 is 1.26 bits per heavy atom. The van der Waals surface area contributed by atoms with E-state index in [1.807, 2.05) is 19.1 Å². The maximum atomic E-state index is 14.1. The van der Waals surface area contributed by atoms with Crippen LogP contribution in [0.2, 0.25) is 0 Å². The van der Waals surface area contributed by atoms with Gasteiger partial charge in [-0.3, -0.25) is 0 Å². The third-order valence-electron chi connectivity index (χ3n) is 3.00. The van der Waals surface area contributed by atoms with Crippen molar-refractivity contribution in [3.8, 4) is 0 Å². The van der Waals surface area contributed by atoms with E-state index in [0.29, 0.717) is 5.56 Å². The molecule has 0 bridgehead atoms. The highest BCUT2D eigenvalue weighted by atomic mass is 19.1. The summed E-state index contributed by atoms with van der Waals surface area (Å²) in [4.78, 5) is 0. The van der Waals surface area contributed by atoms with Crippen molar-refractivity contribution in [2.45, 2.75) is 26.3 Å². The summed E-state index contributed by atoms with van der Waals surface area (Å²) in [6.45, 7) is 4.87. The third-order valence-corrected chi connectivity index (χ3v) is 3.00. The van der Waals surface area contributed by atoms with Gasteiger partial charge in [-0.25, -0.2) is 4.39 Å². The van der Waals surface area contributed by atoms with E-state index in [4.69, 9.17) is 0 Å². The summed E-state index contributed by atoms with van der Waals surface area (Å²) in [6, 6.07) is 6.85. The van der Waals surface area contributed by atoms with Crippen LogP contribution in [0.15, 0.2) is 36.7 Å². The first-order chi connectivity index (χ1) is 9.22. The van der Waals surface area contributed by atoms with Crippen LogP contribution in [0.1, 0.15) is 36.1 Å². The summed E-state index contributed by atoms with van der Waals surface area (Å²) in [5.74, 6) is -0.198. The van der Waals surface area contributed by atoms with E-state index in [0.717, 1.165) is 24.1 Å². The Bertz CT molecular complexity index is 528. The van der Waals surface area contributed by atoms with Crippen LogP contribution >= 0.6 is 0 Å². The summed E-state index contributed by atoms with van der Waals surface area (Å²) < 4.78 is 14.1. The van der Waals surface area contributed by atoms with Crippen LogP contribution in [-0.4, -0.2) is 16.7 Å². The Morgan fingerprint density at radius 2 is 2.11 bits per heavy atom. The van der Waals surface area contributed by atoms with Crippen LogP contribution in [0.5, 0.6) is 0 Å². The van der Waals surface area contributed by atoms with Crippen LogP contribution in [-0.2, 0) is 0 Å². The van der Waals surface area contributed by atoms with Gasteiger partial charge < -0.3 is 5.32 Å². The first-order valence-electron chi connectivity index (χ1n) is 6.48. The lowest BCUT2D eigenvalue weighted by Gasteiger charge is -2.20. The number of aromatic nitrogens is 2. The Hall–Kier alpha value is -1.81. The molecule has 0 aliphatic heterocycles. The number of nitrogens with zero attached hydrogens (tertiary/aromatic N) is 2. The van der Waals surface area contributed by atoms with Gasteiger partial charge in [0.1, 0.15) is 5.82 Å². The molecule has 0 spiro atoms. The molecule has 1 atom stereocenters. The molecule has 0 aliphatic rings. The zero-order valence-electron chi connectivity index (χ0n) is 11.2. The van der Waals surface area contributed by atoms with Gasteiger partial charge in [0.2, 0.25) is 0 Å². The van der Waals surface area contributed by atoms with Gasteiger partial charge in [-0.15, -0.1) is 0 Å². The minimum atomic E-state index is -0.198. The normalized spacial score (nSPS) is 12.4. The average Bonchev–Trinajstić information content (AvgIpc) is 2.44. The van der Waals surface area contributed by atoms with Crippen LogP contribution in [0.4, 0.5) is 4.39 Å². The average molecular weight is 259 g/mol. The molecule has 0 saturated carbocycles. The SMILES string of the molecule is CCCNC(c1ccnnc1)c1cc(C)ccc1F. The molecule has 0 radical (unpaired) electrons. The zero-order valence-corrected chi connectivity index (χ0v) is 11.2. The van der Waals surface area contributed by atoms with Crippen molar-refractivity contribution in [3.63, 3.8) is 0 Å². The lowest BCUT2D eigenvalue weighted by atomic mass is 9.98. The summed E-state index contributed by atoms with van der Waals surface area (Å²) in [6.07, 6.45) is 4.29. The van der Waals surface area contributed by atoms with Gasteiger partial charge in [0.15, 0.2) is 0 Å².